The van der Waals surface area contributed by atoms with Crippen LogP contribution in [0.1, 0.15) is 38.4 Å². The number of pyridine rings is 1. The van der Waals surface area contributed by atoms with Crippen molar-refractivity contribution >= 4 is 5.91 Å². The number of nitrogens with one attached hydrogen (secondary N) is 2. The third kappa shape index (κ3) is 4.84. The lowest BCUT2D eigenvalue weighted by molar-refractivity contribution is -0.121. The molecule has 1 aromatic heterocycles. The summed E-state index contributed by atoms with van der Waals surface area (Å²) in [6.45, 7) is 7.54. The molecule has 0 spiro atoms. The van der Waals surface area contributed by atoms with Crippen molar-refractivity contribution in [2.24, 2.45) is 0 Å². The third-order valence-electron chi connectivity index (χ3n) is 2.86. The average molecular weight is 249 g/mol. The summed E-state index contributed by atoms with van der Waals surface area (Å²) in [4.78, 5) is 16.0. The van der Waals surface area contributed by atoms with Crippen molar-refractivity contribution in [2.45, 2.75) is 46.2 Å². The normalized spacial score (nSPS) is 12.2. The minimum atomic E-state index is 0.0659. The van der Waals surface area contributed by atoms with Gasteiger partial charge >= 0.3 is 0 Å². The lowest BCUT2D eigenvalue weighted by Gasteiger charge is -2.12. The van der Waals surface area contributed by atoms with Crippen LogP contribution in [0.5, 0.6) is 0 Å². The maximum Gasteiger partial charge on any atom is 0.221 e. The van der Waals surface area contributed by atoms with E-state index in [1.807, 2.05) is 19.9 Å². The van der Waals surface area contributed by atoms with Crippen LogP contribution in [0.4, 0.5) is 0 Å². The van der Waals surface area contributed by atoms with Crippen molar-refractivity contribution in [1.82, 2.24) is 15.6 Å². The number of carbonyl (C=O) groups excluding carboxylic acids is 1. The zero-order valence-electron chi connectivity index (χ0n) is 11.5. The summed E-state index contributed by atoms with van der Waals surface area (Å²) in [6.07, 6.45) is 3.21. The van der Waals surface area contributed by atoms with Gasteiger partial charge in [0.1, 0.15) is 0 Å². The quantitative estimate of drug-likeness (QED) is 0.772. The Morgan fingerprint density at radius 1 is 1.44 bits per heavy atom. The minimum absolute atomic E-state index is 0.0659. The number of nitrogens with zero attached hydrogens (tertiary/aromatic N) is 1. The van der Waals surface area contributed by atoms with Crippen molar-refractivity contribution in [3.8, 4) is 0 Å². The van der Waals surface area contributed by atoms with E-state index in [0.717, 1.165) is 18.7 Å². The molecule has 18 heavy (non-hydrogen) atoms. The molecule has 0 aliphatic rings. The molecule has 4 heteroatoms. The molecule has 2 N–H and O–H groups in total. The lowest BCUT2D eigenvalue weighted by Crippen LogP contribution is -2.33. The first-order chi connectivity index (χ1) is 8.67. The number of aryl methyl sites for hydroxylation is 1. The van der Waals surface area contributed by atoms with Gasteiger partial charge in [-0.2, -0.15) is 0 Å². The number of rotatable bonds is 7. The van der Waals surface area contributed by atoms with Crippen molar-refractivity contribution in [3.63, 3.8) is 0 Å². The molecule has 1 rings (SSSR count). The van der Waals surface area contributed by atoms with Gasteiger partial charge in [-0.1, -0.05) is 19.9 Å². The van der Waals surface area contributed by atoms with Gasteiger partial charge in [0.25, 0.3) is 0 Å². The number of hydrogen-bond donors (Lipinski definition) is 2. The Hall–Kier alpha value is -1.42. The predicted octanol–water partition coefficient (Wildman–Crippen LogP) is 1.65. The molecule has 0 aliphatic carbocycles. The van der Waals surface area contributed by atoms with Gasteiger partial charge < -0.3 is 10.6 Å². The van der Waals surface area contributed by atoms with E-state index in [1.165, 1.54) is 5.56 Å². The van der Waals surface area contributed by atoms with Crippen LogP contribution >= 0.6 is 0 Å². The number of aromatic nitrogens is 1. The van der Waals surface area contributed by atoms with E-state index in [9.17, 15) is 4.79 Å². The highest BCUT2D eigenvalue weighted by molar-refractivity contribution is 5.76. The zero-order chi connectivity index (χ0) is 13.4. The molecule has 1 unspecified atom stereocenters. The van der Waals surface area contributed by atoms with E-state index < -0.39 is 0 Å². The van der Waals surface area contributed by atoms with Crippen LogP contribution in [-0.2, 0) is 17.8 Å². The summed E-state index contributed by atoms with van der Waals surface area (Å²) >= 11 is 0. The summed E-state index contributed by atoms with van der Waals surface area (Å²) < 4.78 is 0. The van der Waals surface area contributed by atoms with Gasteiger partial charge in [0.15, 0.2) is 0 Å². The maximum absolute atomic E-state index is 11.7. The van der Waals surface area contributed by atoms with Crippen molar-refractivity contribution in [1.29, 1.82) is 0 Å². The molecule has 1 amide bonds. The Balaban J connectivity index is 2.42. The van der Waals surface area contributed by atoms with Crippen LogP contribution in [0.3, 0.4) is 0 Å². The number of carbonyl (C=O) groups is 1. The summed E-state index contributed by atoms with van der Waals surface area (Å²) in [6, 6.07) is 4.19. The fraction of sp³-hybridized carbons (Fsp3) is 0.571. The largest absolute Gasteiger partial charge is 0.350 e. The second-order valence-electron chi connectivity index (χ2n) is 4.40. The predicted molar refractivity (Wildman–Crippen MR) is 73.2 cm³/mol. The standard InChI is InChI=1S/C14H23N3O/c1-4-12-7-6-8-16-13(12)10-17-14(18)9-11(3)15-5-2/h6-8,11,15H,4-5,9-10H2,1-3H3,(H,17,18). The molecular formula is C14H23N3O. The van der Waals surface area contributed by atoms with Gasteiger partial charge in [0.05, 0.1) is 12.2 Å². The van der Waals surface area contributed by atoms with E-state index in [4.69, 9.17) is 0 Å². The monoisotopic (exact) mass is 249 g/mol. The number of hydrogen-bond acceptors (Lipinski definition) is 3. The first-order valence-corrected chi connectivity index (χ1v) is 6.60. The second-order valence-corrected chi connectivity index (χ2v) is 4.40. The van der Waals surface area contributed by atoms with Crippen LogP contribution < -0.4 is 10.6 Å². The molecule has 0 aromatic carbocycles. The molecule has 0 bridgehead atoms. The molecule has 0 fully saturated rings. The second kappa shape index (κ2) is 7.82. The van der Waals surface area contributed by atoms with Crippen molar-refractivity contribution in [3.05, 3.63) is 29.6 Å². The van der Waals surface area contributed by atoms with E-state index in [1.54, 1.807) is 6.20 Å². The lowest BCUT2D eigenvalue weighted by atomic mass is 10.1. The fourth-order valence-electron chi connectivity index (χ4n) is 1.91. The van der Waals surface area contributed by atoms with E-state index >= 15 is 0 Å². The van der Waals surface area contributed by atoms with Crippen molar-refractivity contribution < 1.29 is 4.79 Å². The highest BCUT2D eigenvalue weighted by Gasteiger charge is 2.08. The Morgan fingerprint density at radius 3 is 2.89 bits per heavy atom. The summed E-state index contributed by atoms with van der Waals surface area (Å²) in [5.41, 5.74) is 2.15. The van der Waals surface area contributed by atoms with E-state index in [0.29, 0.717) is 13.0 Å². The van der Waals surface area contributed by atoms with Gasteiger partial charge in [-0.3, -0.25) is 9.78 Å². The first-order valence-electron chi connectivity index (χ1n) is 6.60. The molecule has 1 aromatic rings. The summed E-state index contributed by atoms with van der Waals surface area (Å²) in [5, 5.41) is 6.14. The highest BCUT2D eigenvalue weighted by Crippen LogP contribution is 2.05. The van der Waals surface area contributed by atoms with E-state index in [2.05, 4.69) is 28.6 Å². The Morgan fingerprint density at radius 2 is 2.22 bits per heavy atom. The average Bonchev–Trinajstić information content (AvgIpc) is 2.37. The third-order valence-corrected chi connectivity index (χ3v) is 2.86. The summed E-state index contributed by atoms with van der Waals surface area (Å²) in [5.74, 6) is 0.0659. The van der Waals surface area contributed by atoms with Crippen LogP contribution in [-0.4, -0.2) is 23.5 Å². The van der Waals surface area contributed by atoms with Gasteiger partial charge in [-0.05, 0) is 31.5 Å². The van der Waals surface area contributed by atoms with Gasteiger partial charge in [-0.15, -0.1) is 0 Å². The van der Waals surface area contributed by atoms with Crippen LogP contribution in [0.15, 0.2) is 18.3 Å². The van der Waals surface area contributed by atoms with Gasteiger partial charge in [-0.25, -0.2) is 0 Å². The topological polar surface area (TPSA) is 54.0 Å². The molecule has 0 saturated carbocycles. The van der Waals surface area contributed by atoms with Crippen molar-refractivity contribution in [2.75, 3.05) is 6.54 Å². The maximum atomic E-state index is 11.7. The smallest absolute Gasteiger partial charge is 0.221 e. The molecular weight excluding hydrogens is 226 g/mol. The van der Waals surface area contributed by atoms with E-state index in [-0.39, 0.29) is 11.9 Å². The minimum Gasteiger partial charge on any atom is -0.350 e. The molecule has 1 heterocycles. The van der Waals surface area contributed by atoms with Gasteiger partial charge in [0.2, 0.25) is 5.91 Å². The molecule has 4 nitrogen and oxygen atoms in total. The number of amides is 1. The van der Waals surface area contributed by atoms with Crippen LogP contribution in [0, 0.1) is 0 Å². The Kier molecular flexibility index (Phi) is 6.36. The molecule has 1 atom stereocenters. The summed E-state index contributed by atoms with van der Waals surface area (Å²) in [7, 11) is 0. The zero-order valence-corrected chi connectivity index (χ0v) is 11.5. The molecule has 0 aliphatic heterocycles. The molecule has 0 saturated heterocycles. The fourth-order valence-corrected chi connectivity index (χ4v) is 1.91. The molecule has 100 valence electrons. The SMILES string of the molecule is CCNC(C)CC(=O)NCc1ncccc1CC. The first kappa shape index (κ1) is 14.6. The Bertz CT molecular complexity index is 379. The van der Waals surface area contributed by atoms with Gasteiger partial charge in [0, 0.05) is 18.7 Å². The Labute approximate surface area is 109 Å². The highest BCUT2D eigenvalue weighted by atomic mass is 16.1. The molecule has 0 radical (unpaired) electrons. The van der Waals surface area contributed by atoms with Crippen LogP contribution in [0.25, 0.3) is 0 Å². The van der Waals surface area contributed by atoms with Crippen LogP contribution in [0.2, 0.25) is 0 Å².